The smallest absolute Gasteiger partial charge is 0.322 e. The molecule has 122 valence electrons. The van der Waals surface area contributed by atoms with E-state index in [4.69, 9.17) is 0 Å². The Bertz CT molecular complexity index is 845. The Labute approximate surface area is 131 Å². The van der Waals surface area contributed by atoms with Crippen molar-refractivity contribution in [3.8, 4) is 0 Å². The highest BCUT2D eigenvalue weighted by atomic mass is 19.3. The number of hydrogen-bond acceptors (Lipinski definition) is 2. The minimum absolute atomic E-state index is 0.0395. The number of rotatable bonds is 1. The molecule has 23 heavy (non-hydrogen) atoms. The predicted octanol–water partition coefficient (Wildman–Crippen LogP) is 3.02. The normalized spacial score (nSPS) is 16.8. The molecule has 0 atom stereocenters. The number of H-pyrrole nitrogens is 1. The van der Waals surface area contributed by atoms with Gasteiger partial charge in [-0.3, -0.25) is 4.79 Å². The van der Waals surface area contributed by atoms with Crippen molar-refractivity contribution in [2.75, 3.05) is 18.4 Å². The molecule has 5 nitrogen and oxygen atoms in total. The van der Waals surface area contributed by atoms with E-state index in [9.17, 15) is 18.4 Å². The van der Waals surface area contributed by atoms with Gasteiger partial charge < -0.3 is 15.2 Å². The van der Waals surface area contributed by atoms with Crippen LogP contribution in [0, 0.1) is 13.8 Å². The van der Waals surface area contributed by atoms with Crippen molar-refractivity contribution >= 4 is 22.6 Å². The number of aromatic amines is 1. The fourth-order valence-corrected chi connectivity index (χ4v) is 2.82. The lowest BCUT2D eigenvalue weighted by Gasteiger charge is -2.18. The van der Waals surface area contributed by atoms with Gasteiger partial charge in [0.05, 0.1) is 6.54 Å². The van der Waals surface area contributed by atoms with Crippen molar-refractivity contribution in [1.82, 2.24) is 9.88 Å². The van der Waals surface area contributed by atoms with Crippen molar-refractivity contribution in [1.29, 1.82) is 0 Å². The lowest BCUT2D eigenvalue weighted by atomic mass is 10.1. The Kier molecular flexibility index (Phi) is 3.58. The number of hydrogen-bond donors (Lipinski definition) is 2. The summed E-state index contributed by atoms with van der Waals surface area (Å²) in [5, 5.41) is 3.49. The standard InChI is InChI=1S/C16H17F2N3O2/c1-9-6-14(22)19-13-5-10(2)12(7-11(9)13)20-15(23)21-4-3-16(17,18)8-21/h5-7H,3-4,8H2,1-2H3,(H,19,22)(H,20,23). The third kappa shape index (κ3) is 3.04. The van der Waals surface area contributed by atoms with Gasteiger partial charge in [-0.1, -0.05) is 0 Å². The summed E-state index contributed by atoms with van der Waals surface area (Å²) in [7, 11) is 0. The van der Waals surface area contributed by atoms with E-state index in [1.807, 2.05) is 0 Å². The van der Waals surface area contributed by atoms with E-state index in [0.29, 0.717) is 11.2 Å². The largest absolute Gasteiger partial charge is 0.322 e. The van der Waals surface area contributed by atoms with Crippen LogP contribution >= 0.6 is 0 Å². The number of carbonyl (C=O) groups is 1. The third-order valence-corrected chi connectivity index (χ3v) is 4.09. The molecule has 0 aliphatic carbocycles. The summed E-state index contributed by atoms with van der Waals surface area (Å²) in [5.41, 5.74) is 2.57. The number of amides is 2. The summed E-state index contributed by atoms with van der Waals surface area (Å²) in [5.74, 6) is -2.81. The van der Waals surface area contributed by atoms with Gasteiger partial charge >= 0.3 is 6.03 Å². The van der Waals surface area contributed by atoms with Crippen LogP contribution in [0.5, 0.6) is 0 Å². The molecule has 2 amide bonds. The summed E-state index contributed by atoms with van der Waals surface area (Å²) >= 11 is 0. The monoisotopic (exact) mass is 321 g/mol. The van der Waals surface area contributed by atoms with Gasteiger partial charge in [-0.05, 0) is 37.1 Å². The maximum absolute atomic E-state index is 13.2. The van der Waals surface area contributed by atoms with Crippen LogP contribution in [-0.2, 0) is 0 Å². The van der Waals surface area contributed by atoms with Crippen LogP contribution in [0.1, 0.15) is 17.5 Å². The number of pyridine rings is 1. The van der Waals surface area contributed by atoms with Crippen LogP contribution in [0.4, 0.5) is 19.3 Å². The molecule has 0 unspecified atom stereocenters. The first-order valence-electron chi connectivity index (χ1n) is 7.33. The molecule has 0 radical (unpaired) electrons. The highest BCUT2D eigenvalue weighted by Gasteiger charge is 2.40. The number of anilines is 1. The molecule has 1 aliphatic rings. The van der Waals surface area contributed by atoms with Crippen molar-refractivity contribution in [3.63, 3.8) is 0 Å². The van der Waals surface area contributed by atoms with E-state index in [2.05, 4.69) is 10.3 Å². The Morgan fingerprint density at radius 2 is 2.00 bits per heavy atom. The van der Waals surface area contributed by atoms with Gasteiger partial charge in [0.1, 0.15) is 0 Å². The molecule has 2 heterocycles. The molecule has 0 saturated carbocycles. The molecule has 2 aromatic rings. The molecular weight excluding hydrogens is 304 g/mol. The van der Waals surface area contributed by atoms with Crippen LogP contribution in [0.15, 0.2) is 23.0 Å². The van der Waals surface area contributed by atoms with Crippen molar-refractivity contribution in [2.45, 2.75) is 26.2 Å². The zero-order valence-electron chi connectivity index (χ0n) is 12.9. The van der Waals surface area contributed by atoms with E-state index in [1.165, 1.54) is 6.07 Å². The second kappa shape index (κ2) is 5.33. The van der Waals surface area contributed by atoms with Gasteiger partial charge in [0, 0.05) is 35.6 Å². The molecule has 1 aromatic heterocycles. The SMILES string of the molecule is Cc1cc2[nH]c(=O)cc(C)c2cc1NC(=O)N1CCC(F)(F)C1. The van der Waals surface area contributed by atoms with Crippen LogP contribution < -0.4 is 10.9 Å². The average Bonchev–Trinajstić information content (AvgIpc) is 2.80. The molecule has 0 bridgehead atoms. The minimum atomic E-state index is -2.81. The zero-order valence-corrected chi connectivity index (χ0v) is 12.9. The number of nitrogens with zero attached hydrogens (tertiary/aromatic N) is 1. The fraction of sp³-hybridized carbons (Fsp3) is 0.375. The summed E-state index contributed by atoms with van der Waals surface area (Å²) in [4.78, 5) is 27.5. The number of halogens is 2. The van der Waals surface area contributed by atoms with Crippen LogP contribution in [0.3, 0.4) is 0 Å². The lowest BCUT2D eigenvalue weighted by Crippen LogP contribution is -2.35. The number of aryl methyl sites for hydroxylation is 2. The highest BCUT2D eigenvalue weighted by molar-refractivity contribution is 5.95. The van der Waals surface area contributed by atoms with Crippen molar-refractivity contribution < 1.29 is 13.6 Å². The Hall–Kier alpha value is -2.44. The van der Waals surface area contributed by atoms with Gasteiger partial charge in [0.2, 0.25) is 5.56 Å². The first-order chi connectivity index (χ1) is 10.7. The van der Waals surface area contributed by atoms with Crippen molar-refractivity contribution in [2.24, 2.45) is 0 Å². The third-order valence-electron chi connectivity index (χ3n) is 4.09. The van der Waals surface area contributed by atoms with Gasteiger partial charge in [-0.2, -0.15) is 0 Å². The molecule has 1 aliphatic heterocycles. The highest BCUT2D eigenvalue weighted by Crippen LogP contribution is 2.28. The Morgan fingerprint density at radius 1 is 1.26 bits per heavy atom. The second-order valence-electron chi connectivity index (χ2n) is 5.99. The molecule has 1 fully saturated rings. The van der Waals surface area contributed by atoms with E-state index in [1.54, 1.807) is 26.0 Å². The van der Waals surface area contributed by atoms with E-state index in [-0.39, 0.29) is 18.5 Å². The molecule has 1 aromatic carbocycles. The molecule has 2 N–H and O–H groups in total. The first kappa shape index (κ1) is 15.5. The number of urea groups is 1. The van der Waals surface area contributed by atoms with E-state index >= 15 is 0 Å². The maximum atomic E-state index is 13.2. The zero-order chi connectivity index (χ0) is 16.8. The van der Waals surface area contributed by atoms with Gasteiger partial charge in [0.15, 0.2) is 0 Å². The maximum Gasteiger partial charge on any atom is 0.322 e. The Morgan fingerprint density at radius 3 is 2.65 bits per heavy atom. The second-order valence-corrected chi connectivity index (χ2v) is 5.99. The summed E-state index contributed by atoms with van der Waals surface area (Å²) in [6.45, 7) is 3.07. The first-order valence-corrected chi connectivity index (χ1v) is 7.33. The summed E-state index contributed by atoms with van der Waals surface area (Å²) in [6, 6.07) is 4.45. The van der Waals surface area contributed by atoms with Crippen LogP contribution in [0.25, 0.3) is 10.9 Å². The number of aromatic nitrogens is 1. The van der Waals surface area contributed by atoms with Crippen LogP contribution in [0.2, 0.25) is 0 Å². The predicted molar refractivity (Wildman–Crippen MR) is 84.2 cm³/mol. The molecule has 3 rings (SSSR count). The van der Waals surface area contributed by atoms with Gasteiger partial charge in [-0.25, -0.2) is 13.6 Å². The summed E-state index contributed by atoms with van der Waals surface area (Å²) in [6.07, 6.45) is -0.308. The lowest BCUT2D eigenvalue weighted by molar-refractivity contribution is 0.0159. The topological polar surface area (TPSA) is 65.2 Å². The molecule has 1 saturated heterocycles. The van der Waals surface area contributed by atoms with Gasteiger partial charge in [0.25, 0.3) is 5.92 Å². The molecule has 7 heteroatoms. The number of fused-ring (bicyclic) bond motifs is 1. The minimum Gasteiger partial charge on any atom is -0.322 e. The van der Waals surface area contributed by atoms with E-state index < -0.39 is 18.5 Å². The van der Waals surface area contributed by atoms with E-state index in [0.717, 1.165) is 21.4 Å². The number of carbonyl (C=O) groups excluding carboxylic acids is 1. The number of alkyl halides is 2. The average molecular weight is 321 g/mol. The summed E-state index contributed by atoms with van der Waals surface area (Å²) < 4.78 is 26.4. The van der Waals surface area contributed by atoms with Crippen molar-refractivity contribution in [3.05, 3.63) is 39.7 Å². The Balaban J connectivity index is 1.90. The molecule has 0 spiro atoms. The van der Waals surface area contributed by atoms with Crippen LogP contribution in [-0.4, -0.2) is 34.9 Å². The number of benzene rings is 1. The number of likely N-dealkylation sites (tertiary alicyclic amines) is 1. The fourth-order valence-electron chi connectivity index (χ4n) is 2.82. The molecular formula is C16H17F2N3O2. The number of nitrogens with one attached hydrogen (secondary N) is 2. The quantitative estimate of drug-likeness (QED) is 0.848. The van der Waals surface area contributed by atoms with Gasteiger partial charge in [-0.15, -0.1) is 0 Å².